The van der Waals surface area contributed by atoms with E-state index in [9.17, 15) is 9.18 Å². The summed E-state index contributed by atoms with van der Waals surface area (Å²) in [5, 5.41) is 9.30. The molecular formula is C19H16FN3OS. The van der Waals surface area contributed by atoms with Crippen LogP contribution in [0.1, 0.15) is 29.2 Å². The molecule has 0 radical (unpaired) electrons. The molecule has 4 rings (SSSR count). The standard InChI is InChI=1S/C19H16FN3OS/c20-15-8-6-14(7-9-15)18-21-22-19(23(18)16-10-11-16)25-12-17(24)13-4-2-1-3-5-13/h1-9,16H,10-12H2. The fourth-order valence-corrected chi connectivity index (χ4v) is 3.57. The number of benzene rings is 2. The van der Waals surface area contributed by atoms with E-state index in [4.69, 9.17) is 0 Å². The summed E-state index contributed by atoms with van der Waals surface area (Å²) >= 11 is 1.40. The number of rotatable bonds is 6. The largest absolute Gasteiger partial charge is 0.299 e. The number of hydrogen-bond donors (Lipinski definition) is 0. The van der Waals surface area contributed by atoms with Crippen LogP contribution in [0.2, 0.25) is 0 Å². The molecule has 0 unspecified atom stereocenters. The Morgan fingerprint density at radius 3 is 2.48 bits per heavy atom. The molecule has 0 saturated heterocycles. The minimum absolute atomic E-state index is 0.0688. The maximum atomic E-state index is 13.2. The highest BCUT2D eigenvalue weighted by atomic mass is 32.2. The molecule has 3 aromatic rings. The summed E-state index contributed by atoms with van der Waals surface area (Å²) in [6, 6.07) is 15.9. The first-order valence-electron chi connectivity index (χ1n) is 8.14. The number of thioether (sulfide) groups is 1. The van der Waals surface area contributed by atoms with Crippen LogP contribution in [0.4, 0.5) is 4.39 Å². The van der Waals surface area contributed by atoms with Crippen LogP contribution in [0.15, 0.2) is 59.8 Å². The first kappa shape index (κ1) is 16.0. The summed E-state index contributed by atoms with van der Waals surface area (Å²) in [5.41, 5.74) is 1.54. The first-order valence-corrected chi connectivity index (χ1v) is 9.13. The summed E-state index contributed by atoms with van der Waals surface area (Å²) in [4.78, 5) is 12.3. The molecule has 1 saturated carbocycles. The minimum atomic E-state index is -0.274. The van der Waals surface area contributed by atoms with Gasteiger partial charge in [-0.2, -0.15) is 0 Å². The molecule has 1 fully saturated rings. The number of hydrogen-bond acceptors (Lipinski definition) is 4. The molecule has 0 amide bonds. The molecule has 126 valence electrons. The Kier molecular flexibility index (Phi) is 4.36. The van der Waals surface area contributed by atoms with E-state index in [0.29, 0.717) is 17.4 Å². The van der Waals surface area contributed by atoms with Crippen LogP contribution >= 0.6 is 11.8 Å². The van der Waals surface area contributed by atoms with Crippen molar-refractivity contribution in [3.63, 3.8) is 0 Å². The minimum Gasteiger partial charge on any atom is -0.299 e. The van der Waals surface area contributed by atoms with Crippen molar-refractivity contribution in [3.05, 3.63) is 66.0 Å². The highest BCUT2D eigenvalue weighted by molar-refractivity contribution is 7.99. The zero-order valence-corrected chi connectivity index (χ0v) is 14.2. The van der Waals surface area contributed by atoms with Gasteiger partial charge in [-0.25, -0.2) is 4.39 Å². The molecule has 0 spiro atoms. The van der Waals surface area contributed by atoms with E-state index >= 15 is 0 Å². The van der Waals surface area contributed by atoms with Crippen LogP contribution in [-0.2, 0) is 0 Å². The number of carbonyl (C=O) groups excluding carboxylic acids is 1. The van der Waals surface area contributed by atoms with Crippen LogP contribution in [0.25, 0.3) is 11.4 Å². The van der Waals surface area contributed by atoms with Crippen molar-refractivity contribution < 1.29 is 9.18 Å². The monoisotopic (exact) mass is 353 g/mol. The molecule has 0 bridgehead atoms. The van der Waals surface area contributed by atoms with Crippen LogP contribution in [-0.4, -0.2) is 26.3 Å². The topological polar surface area (TPSA) is 47.8 Å². The molecule has 4 nitrogen and oxygen atoms in total. The fourth-order valence-electron chi connectivity index (χ4n) is 2.67. The van der Waals surface area contributed by atoms with Gasteiger partial charge in [0.1, 0.15) is 5.82 Å². The Morgan fingerprint density at radius 2 is 1.80 bits per heavy atom. The number of Topliss-reactive ketones (excluding diaryl/α,β-unsaturated/α-hetero) is 1. The van der Waals surface area contributed by atoms with Crippen molar-refractivity contribution in [1.29, 1.82) is 0 Å². The first-order chi connectivity index (χ1) is 12.2. The SMILES string of the molecule is O=C(CSc1nnc(-c2ccc(F)cc2)n1C1CC1)c1ccccc1. The number of carbonyl (C=O) groups is 1. The van der Waals surface area contributed by atoms with E-state index in [0.717, 1.165) is 29.4 Å². The maximum Gasteiger partial charge on any atom is 0.192 e. The van der Waals surface area contributed by atoms with Crippen molar-refractivity contribution in [2.45, 2.75) is 24.0 Å². The zero-order valence-electron chi connectivity index (χ0n) is 13.4. The van der Waals surface area contributed by atoms with Gasteiger partial charge in [0.15, 0.2) is 16.8 Å². The molecule has 25 heavy (non-hydrogen) atoms. The Balaban J connectivity index is 1.56. The normalized spacial score (nSPS) is 13.8. The average molecular weight is 353 g/mol. The van der Waals surface area contributed by atoms with Crippen LogP contribution in [0.3, 0.4) is 0 Å². The third-order valence-corrected chi connectivity index (χ3v) is 5.05. The van der Waals surface area contributed by atoms with Crippen molar-refractivity contribution in [1.82, 2.24) is 14.8 Å². The smallest absolute Gasteiger partial charge is 0.192 e. The van der Waals surface area contributed by atoms with E-state index in [-0.39, 0.29) is 11.6 Å². The van der Waals surface area contributed by atoms with Crippen molar-refractivity contribution in [3.8, 4) is 11.4 Å². The van der Waals surface area contributed by atoms with Gasteiger partial charge in [0, 0.05) is 17.2 Å². The Labute approximate surface area is 149 Å². The van der Waals surface area contributed by atoms with Crippen molar-refractivity contribution in [2.75, 3.05) is 5.75 Å². The number of halogens is 1. The molecule has 1 aliphatic rings. The van der Waals surface area contributed by atoms with E-state index in [1.54, 1.807) is 12.1 Å². The lowest BCUT2D eigenvalue weighted by molar-refractivity contribution is 0.102. The van der Waals surface area contributed by atoms with Gasteiger partial charge >= 0.3 is 0 Å². The lowest BCUT2D eigenvalue weighted by Crippen LogP contribution is -2.05. The Morgan fingerprint density at radius 1 is 1.08 bits per heavy atom. The highest BCUT2D eigenvalue weighted by Crippen LogP contribution is 2.41. The lowest BCUT2D eigenvalue weighted by Gasteiger charge is -2.08. The average Bonchev–Trinajstić information content (AvgIpc) is 3.40. The van der Waals surface area contributed by atoms with Crippen LogP contribution < -0.4 is 0 Å². The molecule has 0 aliphatic heterocycles. The van der Waals surface area contributed by atoms with Crippen LogP contribution in [0, 0.1) is 5.82 Å². The molecule has 0 N–H and O–H groups in total. The molecule has 1 aromatic heterocycles. The van der Waals surface area contributed by atoms with Gasteiger partial charge in [0.25, 0.3) is 0 Å². The summed E-state index contributed by atoms with van der Waals surface area (Å²) in [7, 11) is 0. The molecular weight excluding hydrogens is 337 g/mol. The lowest BCUT2D eigenvalue weighted by atomic mass is 10.2. The third-order valence-electron chi connectivity index (χ3n) is 4.11. The van der Waals surface area contributed by atoms with Gasteiger partial charge in [-0.05, 0) is 37.1 Å². The van der Waals surface area contributed by atoms with Gasteiger partial charge in [0.2, 0.25) is 0 Å². The second-order valence-electron chi connectivity index (χ2n) is 5.99. The Hall–Kier alpha value is -2.47. The maximum absolute atomic E-state index is 13.2. The molecule has 1 heterocycles. The number of aromatic nitrogens is 3. The summed E-state index contributed by atoms with van der Waals surface area (Å²) in [5.74, 6) is 0.846. The summed E-state index contributed by atoms with van der Waals surface area (Å²) in [6.07, 6.45) is 2.15. The second-order valence-corrected chi connectivity index (χ2v) is 6.93. The van der Waals surface area contributed by atoms with E-state index in [2.05, 4.69) is 14.8 Å². The van der Waals surface area contributed by atoms with E-state index in [1.165, 1.54) is 23.9 Å². The number of nitrogens with zero attached hydrogens (tertiary/aromatic N) is 3. The van der Waals surface area contributed by atoms with Gasteiger partial charge < -0.3 is 0 Å². The van der Waals surface area contributed by atoms with Crippen LogP contribution in [0.5, 0.6) is 0 Å². The summed E-state index contributed by atoms with van der Waals surface area (Å²) in [6.45, 7) is 0. The zero-order chi connectivity index (χ0) is 17.2. The van der Waals surface area contributed by atoms with Crippen molar-refractivity contribution in [2.24, 2.45) is 0 Å². The summed E-state index contributed by atoms with van der Waals surface area (Å²) < 4.78 is 15.2. The number of ketones is 1. The Bertz CT molecular complexity index is 889. The van der Waals surface area contributed by atoms with Crippen molar-refractivity contribution >= 4 is 17.5 Å². The molecule has 6 heteroatoms. The van der Waals surface area contributed by atoms with Gasteiger partial charge in [-0.1, -0.05) is 42.1 Å². The highest BCUT2D eigenvalue weighted by Gasteiger charge is 2.30. The predicted molar refractivity (Wildman–Crippen MR) is 95.2 cm³/mol. The van der Waals surface area contributed by atoms with Gasteiger partial charge in [-0.15, -0.1) is 10.2 Å². The van der Waals surface area contributed by atoms with E-state index < -0.39 is 0 Å². The second kappa shape index (κ2) is 6.80. The molecule has 1 aliphatic carbocycles. The van der Waals surface area contributed by atoms with E-state index in [1.807, 2.05) is 30.3 Å². The quantitative estimate of drug-likeness (QED) is 0.487. The van der Waals surface area contributed by atoms with Gasteiger partial charge in [0.05, 0.1) is 5.75 Å². The molecule has 2 aromatic carbocycles. The predicted octanol–water partition coefficient (Wildman–Crippen LogP) is 4.39. The fraction of sp³-hybridized carbons (Fsp3) is 0.211. The molecule has 0 atom stereocenters. The third kappa shape index (κ3) is 3.49. The van der Waals surface area contributed by atoms with Gasteiger partial charge in [-0.3, -0.25) is 9.36 Å².